The van der Waals surface area contributed by atoms with Gasteiger partial charge in [0.1, 0.15) is 0 Å². The van der Waals surface area contributed by atoms with Crippen LogP contribution in [0.4, 0.5) is 0 Å². The fourth-order valence-corrected chi connectivity index (χ4v) is 3.99. The van der Waals surface area contributed by atoms with Crippen molar-refractivity contribution in [1.82, 2.24) is 9.96 Å². The Kier molecular flexibility index (Phi) is 2.22. The highest BCUT2D eigenvalue weighted by molar-refractivity contribution is 6.16. The summed E-state index contributed by atoms with van der Waals surface area (Å²) in [6, 6.07) is 8.07. The first kappa shape index (κ1) is 12.1. The van der Waals surface area contributed by atoms with Gasteiger partial charge in [0, 0.05) is 6.54 Å². The Hall–Kier alpha value is -1.72. The molecule has 5 nitrogen and oxygen atoms in total. The average Bonchev–Trinajstić information content (AvgIpc) is 3.08. The molecule has 0 aromatic heterocycles. The molecular weight excluding hydrogens is 256 g/mol. The second kappa shape index (κ2) is 3.68. The number of benzene rings is 1. The minimum atomic E-state index is -1.05. The maximum absolute atomic E-state index is 12.7. The van der Waals surface area contributed by atoms with Crippen LogP contribution in [0.15, 0.2) is 24.3 Å². The minimum absolute atomic E-state index is 0.0428. The van der Waals surface area contributed by atoms with E-state index >= 15 is 0 Å². The molecule has 0 aliphatic carbocycles. The van der Waals surface area contributed by atoms with E-state index in [2.05, 4.69) is 12.1 Å². The molecule has 1 amide bonds. The quantitative estimate of drug-likeness (QED) is 0.582. The van der Waals surface area contributed by atoms with E-state index in [0.717, 1.165) is 6.42 Å². The first-order valence-electron chi connectivity index (χ1n) is 6.84. The maximum Gasteiger partial charge on any atom is 0.255 e. The summed E-state index contributed by atoms with van der Waals surface area (Å²) in [6.45, 7) is 2.08. The van der Waals surface area contributed by atoms with Crippen molar-refractivity contribution in [1.29, 1.82) is 0 Å². The topological polar surface area (TPSA) is 49.6 Å². The van der Waals surface area contributed by atoms with E-state index in [1.165, 1.54) is 25.2 Å². The molecule has 3 heterocycles. The van der Waals surface area contributed by atoms with Gasteiger partial charge in [-0.3, -0.25) is 9.59 Å². The monoisotopic (exact) mass is 272 g/mol. The first-order chi connectivity index (χ1) is 9.62. The van der Waals surface area contributed by atoms with Gasteiger partial charge in [-0.2, -0.15) is 5.06 Å². The number of amides is 1. The molecule has 0 radical (unpaired) electrons. The molecular formula is C15H16N2O3. The fraction of sp³-hybridized carbons (Fsp3) is 0.467. The van der Waals surface area contributed by atoms with Crippen molar-refractivity contribution in [2.45, 2.75) is 37.5 Å². The van der Waals surface area contributed by atoms with Crippen molar-refractivity contribution < 1.29 is 14.4 Å². The van der Waals surface area contributed by atoms with Crippen LogP contribution in [0.1, 0.15) is 18.1 Å². The molecule has 3 aliphatic heterocycles. The highest BCUT2D eigenvalue weighted by Gasteiger charge is 2.81. The van der Waals surface area contributed by atoms with Gasteiger partial charge in [0.15, 0.2) is 5.78 Å². The van der Waals surface area contributed by atoms with Crippen molar-refractivity contribution in [3.05, 3.63) is 35.4 Å². The van der Waals surface area contributed by atoms with Crippen LogP contribution in [-0.2, 0) is 27.4 Å². The summed E-state index contributed by atoms with van der Waals surface area (Å²) >= 11 is 0. The Morgan fingerprint density at radius 3 is 2.70 bits per heavy atom. The van der Waals surface area contributed by atoms with E-state index in [1.807, 2.05) is 17.0 Å². The van der Waals surface area contributed by atoms with Crippen LogP contribution in [0.3, 0.4) is 0 Å². The molecule has 2 fully saturated rings. The van der Waals surface area contributed by atoms with Crippen LogP contribution in [0.5, 0.6) is 0 Å². The summed E-state index contributed by atoms with van der Waals surface area (Å²) in [6.07, 6.45) is 0.793. The molecule has 1 unspecified atom stereocenters. The zero-order valence-corrected chi connectivity index (χ0v) is 11.5. The number of piperazine rings is 1. The third-order valence-electron chi connectivity index (χ3n) is 4.93. The van der Waals surface area contributed by atoms with E-state index in [4.69, 9.17) is 4.84 Å². The Morgan fingerprint density at radius 2 is 2.05 bits per heavy atom. The van der Waals surface area contributed by atoms with Crippen molar-refractivity contribution in [2.24, 2.45) is 0 Å². The minimum Gasteiger partial charge on any atom is -0.331 e. The van der Waals surface area contributed by atoms with E-state index in [9.17, 15) is 9.59 Å². The van der Waals surface area contributed by atoms with Gasteiger partial charge in [-0.05, 0) is 24.5 Å². The van der Waals surface area contributed by atoms with Gasteiger partial charge in [-0.25, -0.2) is 0 Å². The zero-order chi connectivity index (χ0) is 14.1. The average molecular weight is 272 g/mol. The molecule has 0 spiro atoms. The lowest BCUT2D eigenvalue weighted by Gasteiger charge is -2.35. The van der Waals surface area contributed by atoms with Crippen LogP contribution < -0.4 is 0 Å². The van der Waals surface area contributed by atoms with E-state index in [1.54, 1.807) is 5.06 Å². The van der Waals surface area contributed by atoms with Crippen molar-refractivity contribution in [3.63, 3.8) is 0 Å². The zero-order valence-electron chi connectivity index (χ0n) is 11.5. The van der Waals surface area contributed by atoms with Gasteiger partial charge >= 0.3 is 0 Å². The van der Waals surface area contributed by atoms with Crippen LogP contribution in [0, 0.1) is 0 Å². The van der Waals surface area contributed by atoms with Crippen molar-refractivity contribution in [3.8, 4) is 0 Å². The summed E-state index contributed by atoms with van der Waals surface area (Å²) in [5.74, 6) is -0.218. The first-order valence-corrected chi connectivity index (χ1v) is 6.84. The molecule has 4 atom stereocenters. The van der Waals surface area contributed by atoms with Crippen LogP contribution in [0.25, 0.3) is 0 Å². The largest absolute Gasteiger partial charge is 0.331 e. The van der Waals surface area contributed by atoms with Gasteiger partial charge in [0.05, 0.1) is 19.2 Å². The summed E-state index contributed by atoms with van der Waals surface area (Å²) in [5.41, 5.74) is 1.39. The summed E-state index contributed by atoms with van der Waals surface area (Å²) < 4.78 is 0. The van der Waals surface area contributed by atoms with Gasteiger partial charge < -0.3 is 9.74 Å². The van der Waals surface area contributed by atoms with Crippen LogP contribution >= 0.6 is 0 Å². The smallest absolute Gasteiger partial charge is 0.255 e. The fourth-order valence-electron chi connectivity index (χ4n) is 3.99. The lowest BCUT2D eigenvalue weighted by molar-refractivity contribution is -0.155. The normalized spacial score (nSPS) is 37.2. The summed E-state index contributed by atoms with van der Waals surface area (Å²) in [5, 5.41) is 1.58. The lowest BCUT2D eigenvalue weighted by atomic mass is 9.93. The number of hydrogen-bond acceptors (Lipinski definition) is 4. The highest BCUT2D eigenvalue weighted by atomic mass is 16.7. The summed E-state index contributed by atoms with van der Waals surface area (Å²) in [4.78, 5) is 31.9. The van der Waals surface area contributed by atoms with Crippen LogP contribution in [-0.4, -0.2) is 46.4 Å². The van der Waals surface area contributed by atoms with Gasteiger partial charge in [-0.1, -0.05) is 24.3 Å². The molecule has 1 aromatic rings. The molecule has 4 rings (SSSR count). The molecule has 2 saturated heterocycles. The van der Waals surface area contributed by atoms with E-state index in [-0.39, 0.29) is 23.8 Å². The third-order valence-corrected chi connectivity index (χ3v) is 4.93. The number of fused-ring (bicyclic) bond motifs is 4. The Labute approximate surface area is 117 Å². The van der Waals surface area contributed by atoms with Gasteiger partial charge in [0.25, 0.3) is 5.91 Å². The number of carbonyl (C=O) groups is 2. The number of hydroxylamine groups is 2. The molecule has 0 bridgehead atoms. The van der Waals surface area contributed by atoms with E-state index < -0.39 is 5.54 Å². The second-order valence-corrected chi connectivity index (χ2v) is 5.75. The van der Waals surface area contributed by atoms with Gasteiger partial charge in [-0.15, -0.1) is 0 Å². The third kappa shape index (κ3) is 1.16. The molecule has 20 heavy (non-hydrogen) atoms. The summed E-state index contributed by atoms with van der Waals surface area (Å²) in [7, 11) is 1.53. The predicted octanol–water partition coefficient (Wildman–Crippen LogP) is 0.527. The van der Waals surface area contributed by atoms with E-state index in [0.29, 0.717) is 6.54 Å². The molecule has 0 saturated carbocycles. The van der Waals surface area contributed by atoms with Gasteiger partial charge in [0.2, 0.25) is 5.54 Å². The number of carbonyl (C=O) groups excluding carboxylic acids is 2. The van der Waals surface area contributed by atoms with Crippen LogP contribution in [0.2, 0.25) is 0 Å². The standard InChI is InChI=1S/C15H16N2O3/c1-9(18)15-13(17(15)20-2)12-7-10-5-3-4-6-11(10)8-16(12)14(15)19/h3-6,12-13H,7-8H2,1-2H3/t12-,13-,15-,17?/m0/s1. The Bertz CT molecular complexity index is 629. The second-order valence-electron chi connectivity index (χ2n) is 5.75. The Balaban J connectivity index is 1.76. The molecule has 1 aromatic carbocycles. The van der Waals surface area contributed by atoms with Crippen molar-refractivity contribution in [2.75, 3.05) is 7.11 Å². The Morgan fingerprint density at radius 1 is 1.35 bits per heavy atom. The lowest BCUT2D eigenvalue weighted by Crippen LogP contribution is -2.48. The molecule has 104 valence electrons. The number of hydrogen-bond donors (Lipinski definition) is 0. The highest BCUT2D eigenvalue weighted by Crippen LogP contribution is 2.54. The number of nitrogens with zero attached hydrogens (tertiary/aromatic N) is 2. The SMILES string of the molecule is CON1[C@H]2[C@@H]3Cc4ccccc4CN3C(=O)[C@]21C(C)=O. The maximum atomic E-state index is 12.7. The number of rotatable bonds is 2. The van der Waals surface area contributed by atoms with Crippen molar-refractivity contribution >= 4 is 11.7 Å². The molecule has 0 N–H and O–H groups in total. The predicted molar refractivity (Wildman–Crippen MR) is 70.5 cm³/mol. The number of Topliss-reactive ketones (excluding diaryl/α,β-unsaturated/α-hetero) is 1. The molecule has 3 aliphatic rings. The molecule has 5 heteroatoms. The number of ketones is 1.